The molecular formula is C15H24N2O3S. The standard InChI is InChI=1S/C15H24N2O3S/c1-4-16-14-7-11(2)15(12(3)8-14)21(19,20)17-6-5-13(9-17)10-18/h7-8,13,16,18H,4-6,9-10H2,1-3H3. The van der Waals surface area contributed by atoms with Crippen molar-refractivity contribution in [1.82, 2.24) is 4.31 Å². The van der Waals surface area contributed by atoms with Gasteiger partial charge in [-0.2, -0.15) is 4.31 Å². The first-order chi connectivity index (χ1) is 9.90. The van der Waals surface area contributed by atoms with Crippen molar-refractivity contribution in [2.24, 2.45) is 5.92 Å². The zero-order chi connectivity index (χ0) is 15.6. The quantitative estimate of drug-likeness (QED) is 0.869. The van der Waals surface area contributed by atoms with Crippen LogP contribution in [0.25, 0.3) is 0 Å². The molecule has 0 aliphatic carbocycles. The van der Waals surface area contributed by atoms with Gasteiger partial charge in [0.25, 0.3) is 0 Å². The highest BCUT2D eigenvalue weighted by molar-refractivity contribution is 7.89. The molecule has 1 heterocycles. The van der Waals surface area contributed by atoms with E-state index in [0.29, 0.717) is 18.0 Å². The fourth-order valence-corrected chi connectivity index (χ4v) is 4.90. The van der Waals surface area contributed by atoms with E-state index in [1.165, 1.54) is 4.31 Å². The first-order valence-electron chi connectivity index (χ1n) is 7.36. The van der Waals surface area contributed by atoms with Gasteiger partial charge in [-0.25, -0.2) is 8.42 Å². The van der Waals surface area contributed by atoms with Crippen molar-refractivity contribution in [2.75, 3.05) is 31.6 Å². The third-order valence-corrected chi connectivity index (χ3v) is 6.12. The molecule has 0 spiro atoms. The minimum Gasteiger partial charge on any atom is -0.396 e. The molecule has 1 aromatic carbocycles. The number of hydrogen-bond acceptors (Lipinski definition) is 4. The Morgan fingerprint density at radius 1 is 1.33 bits per heavy atom. The number of sulfonamides is 1. The number of aryl methyl sites for hydroxylation is 2. The van der Waals surface area contributed by atoms with Crippen LogP contribution in [0.3, 0.4) is 0 Å². The molecule has 118 valence electrons. The highest BCUT2D eigenvalue weighted by Crippen LogP contribution is 2.30. The summed E-state index contributed by atoms with van der Waals surface area (Å²) in [5, 5.41) is 12.4. The Bertz CT molecular complexity index is 590. The van der Waals surface area contributed by atoms with E-state index in [9.17, 15) is 13.5 Å². The second-order valence-corrected chi connectivity index (χ2v) is 7.54. The summed E-state index contributed by atoms with van der Waals surface area (Å²) >= 11 is 0. The average molecular weight is 312 g/mol. The number of hydrogen-bond donors (Lipinski definition) is 2. The van der Waals surface area contributed by atoms with Gasteiger partial charge in [0.1, 0.15) is 0 Å². The number of aliphatic hydroxyl groups excluding tert-OH is 1. The highest BCUT2D eigenvalue weighted by atomic mass is 32.2. The van der Waals surface area contributed by atoms with E-state index in [2.05, 4.69) is 5.32 Å². The topological polar surface area (TPSA) is 69.6 Å². The van der Waals surface area contributed by atoms with E-state index >= 15 is 0 Å². The van der Waals surface area contributed by atoms with Gasteiger partial charge in [-0.15, -0.1) is 0 Å². The van der Waals surface area contributed by atoms with Crippen LogP contribution in [0, 0.1) is 19.8 Å². The van der Waals surface area contributed by atoms with Crippen molar-refractivity contribution >= 4 is 15.7 Å². The van der Waals surface area contributed by atoms with Crippen molar-refractivity contribution < 1.29 is 13.5 Å². The summed E-state index contributed by atoms with van der Waals surface area (Å²) < 4.78 is 27.2. The molecule has 0 aromatic heterocycles. The molecule has 2 N–H and O–H groups in total. The van der Waals surface area contributed by atoms with Crippen molar-refractivity contribution in [2.45, 2.75) is 32.1 Å². The number of nitrogens with zero attached hydrogens (tertiary/aromatic N) is 1. The molecule has 0 radical (unpaired) electrons. The van der Waals surface area contributed by atoms with Crippen LogP contribution >= 0.6 is 0 Å². The third kappa shape index (κ3) is 3.22. The van der Waals surface area contributed by atoms with Crippen LogP contribution in [0.4, 0.5) is 5.69 Å². The molecule has 1 aliphatic rings. The molecule has 2 rings (SSSR count). The van der Waals surface area contributed by atoms with Crippen LogP contribution in [-0.2, 0) is 10.0 Å². The summed E-state index contributed by atoms with van der Waals surface area (Å²) in [7, 11) is -3.48. The predicted octanol–water partition coefficient (Wildman–Crippen LogP) is 1.74. The lowest BCUT2D eigenvalue weighted by Crippen LogP contribution is -2.30. The predicted molar refractivity (Wildman–Crippen MR) is 84.0 cm³/mol. The summed E-state index contributed by atoms with van der Waals surface area (Å²) in [5.74, 6) is 0.0569. The van der Waals surface area contributed by atoms with Crippen molar-refractivity contribution in [3.8, 4) is 0 Å². The molecule has 6 heteroatoms. The van der Waals surface area contributed by atoms with Gasteiger partial charge in [-0.05, 0) is 56.4 Å². The maximum absolute atomic E-state index is 12.8. The lowest BCUT2D eigenvalue weighted by Gasteiger charge is -2.20. The molecule has 1 atom stereocenters. The fourth-order valence-electron chi connectivity index (χ4n) is 2.96. The fraction of sp³-hybridized carbons (Fsp3) is 0.600. The van der Waals surface area contributed by atoms with Crippen LogP contribution in [0.2, 0.25) is 0 Å². The van der Waals surface area contributed by atoms with Gasteiger partial charge < -0.3 is 10.4 Å². The second kappa shape index (κ2) is 6.34. The van der Waals surface area contributed by atoms with Gasteiger partial charge in [0, 0.05) is 31.9 Å². The summed E-state index contributed by atoms with van der Waals surface area (Å²) in [5.41, 5.74) is 2.47. The zero-order valence-electron chi connectivity index (χ0n) is 12.9. The summed E-state index contributed by atoms with van der Waals surface area (Å²) in [6, 6.07) is 3.76. The maximum Gasteiger partial charge on any atom is 0.243 e. The zero-order valence-corrected chi connectivity index (χ0v) is 13.7. The number of anilines is 1. The van der Waals surface area contributed by atoms with Crippen molar-refractivity contribution in [1.29, 1.82) is 0 Å². The van der Waals surface area contributed by atoms with E-state index in [0.717, 1.165) is 29.8 Å². The average Bonchev–Trinajstić information content (AvgIpc) is 2.87. The molecule has 1 saturated heterocycles. The van der Waals surface area contributed by atoms with Crippen molar-refractivity contribution in [3.63, 3.8) is 0 Å². The van der Waals surface area contributed by atoms with E-state index < -0.39 is 10.0 Å². The first-order valence-corrected chi connectivity index (χ1v) is 8.80. The molecular weight excluding hydrogens is 288 g/mol. The summed E-state index contributed by atoms with van der Waals surface area (Å²) in [6.45, 7) is 7.42. The van der Waals surface area contributed by atoms with Crippen LogP contribution in [0.5, 0.6) is 0 Å². The Labute approximate surface area is 127 Å². The van der Waals surface area contributed by atoms with Gasteiger partial charge >= 0.3 is 0 Å². The number of nitrogens with one attached hydrogen (secondary N) is 1. The third-order valence-electron chi connectivity index (χ3n) is 3.95. The lowest BCUT2D eigenvalue weighted by atomic mass is 10.1. The van der Waals surface area contributed by atoms with E-state index in [4.69, 9.17) is 0 Å². The Morgan fingerprint density at radius 2 is 1.95 bits per heavy atom. The second-order valence-electron chi connectivity index (χ2n) is 5.67. The van der Waals surface area contributed by atoms with E-state index in [1.807, 2.05) is 32.9 Å². The molecule has 0 amide bonds. The molecule has 5 nitrogen and oxygen atoms in total. The summed E-state index contributed by atoms with van der Waals surface area (Å²) in [4.78, 5) is 0.405. The monoisotopic (exact) mass is 312 g/mol. The van der Waals surface area contributed by atoms with Crippen molar-refractivity contribution in [3.05, 3.63) is 23.3 Å². The Balaban J connectivity index is 2.37. The van der Waals surface area contributed by atoms with Crippen LogP contribution in [-0.4, -0.2) is 44.1 Å². The van der Waals surface area contributed by atoms with E-state index in [-0.39, 0.29) is 12.5 Å². The number of benzene rings is 1. The maximum atomic E-state index is 12.8. The molecule has 1 unspecified atom stereocenters. The number of aliphatic hydroxyl groups is 1. The largest absolute Gasteiger partial charge is 0.396 e. The highest BCUT2D eigenvalue weighted by Gasteiger charge is 2.34. The Kier molecular flexibility index (Phi) is 4.91. The van der Waals surface area contributed by atoms with Gasteiger partial charge in [0.2, 0.25) is 10.0 Å². The molecule has 1 fully saturated rings. The molecule has 0 bridgehead atoms. The van der Waals surface area contributed by atoms with Gasteiger partial charge in [-0.1, -0.05) is 0 Å². The normalized spacial score (nSPS) is 19.9. The molecule has 1 aromatic rings. The van der Waals surface area contributed by atoms with Gasteiger partial charge in [-0.3, -0.25) is 0 Å². The first kappa shape index (κ1) is 16.3. The number of rotatable bonds is 5. The van der Waals surface area contributed by atoms with Crippen LogP contribution in [0.1, 0.15) is 24.5 Å². The van der Waals surface area contributed by atoms with Crippen LogP contribution in [0.15, 0.2) is 17.0 Å². The SMILES string of the molecule is CCNc1cc(C)c(S(=O)(=O)N2CCC(CO)C2)c(C)c1. The molecule has 21 heavy (non-hydrogen) atoms. The Hall–Kier alpha value is -1.11. The Morgan fingerprint density at radius 3 is 2.43 bits per heavy atom. The van der Waals surface area contributed by atoms with E-state index in [1.54, 1.807) is 0 Å². The summed E-state index contributed by atoms with van der Waals surface area (Å²) in [6.07, 6.45) is 0.725. The smallest absolute Gasteiger partial charge is 0.243 e. The minimum absolute atomic E-state index is 0.0450. The lowest BCUT2D eigenvalue weighted by molar-refractivity contribution is 0.233. The van der Waals surface area contributed by atoms with Gasteiger partial charge in [0.05, 0.1) is 4.90 Å². The van der Waals surface area contributed by atoms with Gasteiger partial charge in [0.15, 0.2) is 0 Å². The molecule has 1 aliphatic heterocycles. The molecule has 0 saturated carbocycles. The van der Waals surface area contributed by atoms with Crippen LogP contribution < -0.4 is 5.32 Å². The minimum atomic E-state index is -3.48.